The van der Waals surface area contributed by atoms with E-state index >= 15 is 0 Å². The molecule has 0 aliphatic carbocycles. The summed E-state index contributed by atoms with van der Waals surface area (Å²) in [4.78, 5) is 8.94. The number of aromatic nitrogens is 2. The van der Waals surface area contributed by atoms with Crippen LogP contribution in [-0.2, 0) is 0 Å². The van der Waals surface area contributed by atoms with Crippen LogP contribution in [0.5, 0.6) is 0 Å². The lowest BCUT2D eigenvalue weighted by atomic mass is 10.1. The van der Waals surface area contributed by atoms with E-state index in [0.29, 0.717) is 0 Å². The van der Waals surface area contributed by atoms with Gasteiger partial charge in [0.05, 0.1) is 5.52 Å². The first-order chi connectivity index (χ1) is 7.88. The average Bonchev–Trinajstić information content (AvgIpc) is 2.35. The highest BCUT2D eigenvalue weighted by atomic mass is 15.0. The zero-order chi connectivity index (χ0) is 11.0. The van der Waals surface area contributed by atoms with Crippen LogP contribution in [-0.4, -0.2) is 16.5 Å². The third-order valence-corrected chi connectivity index (χ3v) is 3.03. The molecule has 3 nitrogen and oxygen atoms in total. The van der Waals surface area contributed by atoms with Crippen molar-refractivity contribution in [2.45, 2.75) is 26.2 Å². The summed E-state index contributed by atoms with van der Waals surface area (Å²) < 4.78 is 0. The van der Waals surface area contributed by atoms with E-state index in [1.165, 1.54) is 19.3 Å². The first-order valence-corrected chi connectivity index (χ1v) is 5.94. The summed E-state index contributed by atoms with van der Waals surface area (Å²) in [5, 5.41) is 5.70. The molecule has 16 heavy (non-hydrogen) atoms. The molecule has 0 radical (unpaired) electrons. The minimum absolute atomic E-state index is 0.866. The van der Waals surface area contributed by atoms with Crippen molar-refractivity contribution in [2.24, 2.45) is 0 Å². The molecule has 0 aliphatic rings. The first kappa shape index (κ1) is 9.58. The number of nitrogens with one attached hydrogen (secondary N) is 1. The van der Waals surface area contributed by atoms with Crippen molar-refractivity contribution in [2.75, 3.05) is 11.9 Å². The van der Waals surface area contributed by atoms with Crippen LogP contribution in [0.1, 0.15) is 26.2 Å². The van der Waals surface area contributed by atoms with E-state index in [4.69, 9.17) is 0 Å². The number of nitrogens with zero attached hydrogens (tertiary/aromatic N) is 2. The number of hydrogen-bond acceptors (Lipinski definition) is 3. The Hall–Kier alpha value is -1.64. The number of unbranched alkanes of at least 4 members (excludes halogenated alkanes) is 2. The molecule has 82 valence electrons. The number of fused-ring (bicyclic) bond motifs is 2. The highest BCUT2D eigenvalue weighted by Crippen LogP contribution is 2.29. The van der Waals surface area contributed by atoms with E-state index in [9.17, 15) is 0 Å². The van der Waals surface area contributed by atoms with Crippen LogP contribution in [0.3, 0.4) is 0 Å². The predicted octanol–water partition coefficient (Wildman–Crippen LogP) is 3.26. The molecule has 3 heteroatoms. The third-order valence-electron chi connectivity index (χ3n) is 3.03. The second kappa shape index (κ2) is 3.74. The number of rotatable bonds is 5. The summed E-state index contributed by atoms with van der Waals surface area (Å²) in [5.74, 6) is 1.00. The SMILES string of the molecule is CCCCCNc1nc2nc3ccc2cc13. The maximum absolute atomic E-state index is 4.51. The molecule has 4 heterocycles. The Balaban J connectivity index is 1.83. The van der Waals surface area contributed by atoms with Crippen molar-refractivity contribution in [3.63, 3.8) is 0 Å². The molecule has 0 atom stereocenters. The maximum atomic E-state index is 4.51. The summed E-state index contributed by atoms with van der Waals surface area (Å²) in [5.41, 5.74) is 1.92. The Labute approximate surface area is 94.6 Å². The van der Waals surface area contributed by atoms with Gasteiger partial charge in [-0.2, -0.15) is 0 Å². The predicted molar refractivity (Wildman–Crippen MR) is 67.4 cm³/mol. The number of anilines is 1. The van der Waals surface area contributed by atoms with Crippen LogP contribution >= 0.6 is 0 Å². The van der Waals surface area contributed by atoms with Crippen molar-refractivity contribution in [3.05, 3.63) is 18.2 Å². The van der Waals surface area contributed by atoms with Gasteiger partial charge in [-0.25, -0.2) is 9.97 Å². The lowest BCUT2D eigenvalue weighted by Crippen LogP contribution is -2.06. The van der Waals surface area contributed by atoms with Crippen molar-refractivity contribution >= 4 is 27.8 Å². The van der Waals surface area contributed by atoms with Gasteiger partial charge in [-0.3, -0.25) is 0 Å². The molecule has 0 unspecified atom stereocenters. The topological polar surface area (TPSA) is 37.8 Å². The molecule has 4 aromatic heterocycles. The normalized spacial score (nSPS) is 11.8. The molecule has 0 aliphatic heterocycles. The fourth-order valence-corrected chi connectivity index (χ4v) is 2.11. The average molecular weight is 213 g/mol. The van der Waals surface area contributed by atoms with E-state index < -0.39 is 0 Å². The molecule has 4 bridgehead atoms. The summed E-state index contributed by atoms with van der Waals surface area (Å²) >= 11 is 0. The molecule has 5 rings (SSSR count). The van der Waals surface area contributed by atoms with Gasteiger partial charge in [0.2, 0.25) is 0 Å². The number of hydrogen-bond donors (Lipinski definition) is 1. The summed E-state index contributed by atoms with van der Waals surface area (Å²) in [7, 11) is 0. The van der Waals surface area contributed by atoms with E-state index in [-0.39, 0.29) is 0 Å². The molecule has 0 saturated carbocycles. The quantitative estimate of drug-likeness (QED) is 0.661. The Morgan fingerprint density at radius 3 is 2.81 bits per heavy atom. The largest absolute Gasteiger partial charge is 0.369 e. The van der Waals surface area contributed by atoms with Crippen LogP contribution in [0.15, 0.2) is 18.2 Å². The highest BCUT2D eigenvalue weighted by Gasteiger charge is 2.11. The smallest absolute Gasteiger partial charge is 0.162 e. The first-order valence-electron chi connectivity index (χ1n) is 5.94. The minimum atomic E-state index is 0.866. The summed E-state index contributed by atoms with van der Waals surface area (Å²) in [6, 6.07) is 6.32. The second-order valence-electron chi connectivity index (χ2n) is 4.26. The molecule has 0 fully saturated rings. The molecule has 1 aromatic carbocycles. The van der Waals surface area contributed by atoms with Crippen LogP contribution in [0.2, 0.25) is 0 Å². The van der Waals surface area contributed by atoms with E-state index in [1.807, 2.05) is 0 Å². The monoisotopic (exact) mass is 213 g/mol. The Morgan fingerprint density at radius 2 is 2.12 bits per heavy atom. The lowest BCUT2D eigenvalue weighted by molar-refractivity contribution is 0.743. The van der Waals surface area contributed by atoms with Crippen molar-refractivity contribution in [3.8, 4) is 0 Å². The van der Waals surface area contributed by atoms with Gasteiger partial charge in [-0.1, -0.05) is 19.8 Å². The van der Waals surface area contributed by atoms with Gasteiger partial charge in [-0.15, -0.1) is 0 Å². The van der Waals surface area contributed by atoms with Gasteiger partial charge in [-0.05, 0) is 24.6 Å². The van der Waals surface area contributed by atoms with Gasteiger partial charge < -0.3 is 5.32 Å². The Bertz CT molecular complexity index is 575. The van der Waals surface area contributed by atoms with Gasteiger partial charge in [0.1, 0.15) is 5.82 Å². The van der Waals surface area contributed by atoms with Gasteiger partial charge >= 0.3 is 0 Å². The maximum Gasteiger partial charge on any atom is 0.162 e. The fraction of sp³-hybridized carbons (Fsp3) is 0.385. The fourth-order valence-electron chi connectivity index (χ4n) is 2.11. The van der Waals surface area contributed by atoms with E-state index in [0.717, 1.165) is 34.3 Å². The molecule has 0 saturated heterocycles. The number of benzene rings is 1. The standard InChI is InChI=1S/C13H15N3/c1-2-3-4-7-14-13-10-8-9-5-6-11(10)15-12(9)16-13/h5-6,8H,2-4,7H2,1H3,(H,14,15,16). The van der Waals surface area contributed by atoms with Crippen LogP contribution in [0, 0.1) is 0 Å². The zero-order valence-electron chi connectivity index (χ0n) is 9.45. The third kappa shape index (κ3) is 1.43. The summed E-state index contributed by atoms with van der Waals surface area (Å²) in [6.45, 7) is 3.22. The highest BCUT2D eigenvalue weighted by molar-refractivity contribution is 6.02. The van der Waals surface area contributed by atoms with Crippen LogP contribution in [0.25, 0.3) is 21.9 Å². The second-order valence-corrected chi connectivity index (χ2v) is 4.26. The zero-order valence-corrected chi connectivity index (χ0v) is 9.45. The molecular weight excluding hydrogens is 198 g/mol. The van der Waals surface area contributed by atoms with Crippen molar-refractivity contribution in [1.29, 1.82) is 0 Å². The molecular formula is C13H15N3. The molecule has 0 amide bonds. The van der Waals surface area contributed by atoms with Crippen molar-refractivity contribution in [1.82, 2.24) is 9.97 Å². The van der Waals surface area contributed by atoms with E-state index in [2.05, 4.69) is 40.4 Å². The number of pyridine rings is 3. The van der Waals surface area contributed by atoms with E-state index in [1.54, 1.807) is 0 Å². The van der Waals surface area contributed by atoms with Gasteiger partial charge in [0, 0.05) is 17.3 Å². The Morgan fingerprint density at radius 1 is 1.19 bits per heavy atom. The Kier molecular flexibility index (Phi) is 2.24. The van der Waals surface area contributed by atoms with Gasteiger partial charge in [0.25, 0.3) is 0 Å². The molecule has 0 spiro atoms. The summed E-state index contributed by atoms with van der Waals surface area (Å²) in [6.07, 6.45) is 3.73. The van der Waals surface area contributed by atoms with Gasteiger partial charge in [0.15, 0.2) is 5.65 Å². The minimum Gasteiger partial charge on any atom is -0.369 e. The molecule has 5 aromatic rings. The lowest BCUT2D eigenvalue weighted by Gasteiger charge is -2.13. The molecule has 1 N–H and O–H groups in total. The van der Waals surface area contributed by atoms with Crippen LogP contribution in [0.4, 0.5) is 5.82 Å². The van der Waals surface area contributed by atoms with Crippen LogP contribution < -0.4 is 5.32 Å². The van der Waals surface area contributed by atoms with Crippen molar-refractivity contribution < 1.29 is 0 Å².